The van der Waals surface area contributed by atoms with Crippen LogP contribution < -0.4 is 4.90 Å². The lowest BCUT2D eigenvalue weighted by molar-refractivity contribution is -0.0744. The number of nitriles is 1. The number of para-hydroxylation sites is 1. The second-order valence-electron chi connectivity index (χ2n) is 8.17. The first-order valence-electron chi connectivity index (χ1n) is 10.5. The summed E-state index contributed by atoms with van der Waals surface area (Å²) in [5.74, 6) is 0. The standard InChI is InChI=1S/C24H28ClN3O/c1-18-16-28(23(17-29-18)14-19-6-8-21(25)9-7-19)22-10-12-27(13-11-22)24-5-3-2-4-20(24)15-26/h2-9,18,22-23H,10-14,16-17H2,1H3/t18-,23-/m0/s1. The number of anilines is 1. The first-order chi connectivity index (χ1) is 14.1. The molecule has 0 N–H and O–H groups in total. The van der Waals surface area contributed by atoms with Crippen molar-refractivity contribution in [1.29, 1.82) is 5.26 Å². The van der Waals surface area contributed by atoms with Gasteiger partial charge in [0.15, 0.2) is 0 Å². The van der Waals surface area contributed by atoms with Crippen LogP contribution in [0.5, 0.6) is 0 Å². The summed E-state index contributed by atoms with van der Waals surface area (Å²) in [4.78, 5) is 5.05. The highest BCUT2D eigenvalue weighted by atomic mass is 35.5. The summed E-state index contributed by atoms with van der Waals surface area (Å²) in [6.45, 7) is 5.91. The third kappa shape index (κ3) is 4.75. The minimum absolute atomic E-state index is 0.272. The van der Waals surface area contributed by atoms with Gasteiger partial charge in [-0.2, -0.15) is 5.26 Å². The molecule has 0 aliphatic carbocycles. The predicted molar refractivity (Wildman–Crippen MR) is 117 cm³/mol. The molecule has 0 bridgehead atoms. The van der Waals surface area contributed by atoms with Crippen LogP contribution in [0.1, 0.15) is 30.9 Å². The van der Waals surface area contributed by atoms with Crippen LogP contribution in [0.4, 0.5) is 5.69 Å². The van der Waals surface area contributed by atoms with Gasteiger partial charge in [0.2, 0.25) is 0 Å². The number of hydrogen-bond acceptors (Lipinski definition) is 4. The number of ether oxygens (including phenoxy) is 1. The average Bonchev–Trinajstić information content (AvgIpc) is 2.76. The van der Waals surface area contributed by atoms with Crippen LogP contribution in [0, 0.1) is 11.3 Å². The molecule has 5 heteroatoms. The molecule has 2 heterocycles. The van der Waals surface area contributed by atoms with E-state index in [4.69, 9.17) is 16.3 Å². The molecule has 2 aliphatic rings. The topological polar surface area (TPSA) is 39.5 Å². The fourth-order valence-corrected chi connectivity index (χ4v) is 4.79. The van der Waals surface area contributed by atoms with E-state index in [0.29, 0.717) is 12.1 Å². The molecular weight excluding hydrogens is 382 g/mol. The van der Waals surface area contributed by atoms with Gasteiger partial charge in [0.1, 0.15) is 6.07 Å². The zero-order chi connectivity index (χ0) is 20.2. The van der Waals surface area contributed by atoms with Crippen molar-refractivity contribution in [3.63, 3.8) is 0 Å². The zero-order valence-corrected chi connectivity index (χ0v) is 17.7. The van der Waals surface area contributed by atoms with Crippen LogP contribution >= 0.6 is 11.6 Å². The molecule has 29 heavy (non-hydrogen) atoms. The van der Waals surface area contributed by atoms with Crippen LogP contribution in [0.3, 0.4) is 0 Å². The number of benzene rings is 2. The highest BCUT2D eigenvalue weighted by molar-refractivity contribution is 6.30. The highest BCUT2D eigenvalue weighted by Gasteiger charge is 2.34. The van der Waals surface area contributed by atoms with Gasteiger partial charge in [-0.05, 0) is 56.0 Å². The van der Waals surface area contributed by atoms with E-state index in [0.717, 1.165) is 61.8 Å². The largest absolute Gasteiger partial charge is 0.376 e. The van der Waals surface area contributed by atoms with Crippen LogP contribution in [0.2, 0.25) is 5.02 Å². The minimum atomic E-state index is 0.272. The summed E-state index contributed by atoms with van der Waals surface area (Å²) in [6, 6.07) is 19.4. The van der Waals surface area contributed by atoms with E-state index >= 15 is 0 Å². The fourth-order valence-electron chi connectivity index (χ4n) is 4.67. The molecule has 0 unspecified atom stereocenters. The maximum absolute atomic E-state index is 9.42. The molecule has 2 aliphatic heterocycles. The highest BCUT2D eigenvalue weighted by Crippen LogP contribution is 2.29. The Bertz CT molecular complexity index is 855. The van der Waals surface area contributed by atoms with Crippen molar-refractivity contribution in [2.45, 2.75) is 44.4 Å². The van der Waals surface area contributed by atoms with Crippen molar-refractivity contribution in [2.24, 2.45) is 0 Å². The van der Waals surface area contributed by atoms with Crippen LogP contribution in [0.15, 0.2) is 48.5 Å². The lowest BCUT2D eigenvalue weighted by Crippen LogP contribution is -2.56. The van der Waals surface area contributed by atoms with Crippen molar-refractivity contribution < 1.29 is 4.74 Å². The number of halogens is 1. The van der Waals surface area contributed by atoms with Gasteiger partial charge in [0.25, 0.3) is 0 Å². The van der Waals surface area contributed by atoms with Crippen molar-refractivity contribution >= 4 is 17.3 Å². The average molecular weight is 410 g/mol. The van der Waals surface area contributed by atoms with Gasteiger partial charge in [-0.15, -0.1) is 0 Å². The molecule has 2 fully saturated rings. The molecule has 0 spiro atoms. The van der Waals surface area contributed by atoms with Gasteiger partial charge >= 0.3 is 0 Å². The Labute approximate surface area is 178 Å². The zero-order valence-electron chi connectivity index (χ0n) is 16.9. The number of morpholine rings is 1. The summed E-state index contributed by atoms with van der Waals surface area (Å²) >= 11 is 6.05. The lowest BCUT2D eigenvalue weighted by Gasteiger charge is -2.46. The van der Waals surface area contributed by atoms with Gasteiger partial charge in [0.05, 0.1) is 24.0 Å². The quantitative estimate of drug-likeness (QED) is 0.744. The second-order valence-corrected chi connectivity index (χ2v) is 8.61. The number of rotatable bonds is 4. The lowest BCUT2D eigenvalue weighted by atomic mass is 9.96. The van der Waals surface area contributed by atoms with Gasteiger partial charge < -0.3 is 9.64 Å². The van der Waals surface area contributed by atoms with Crippen LogP contribution in [0.25, 0.3) is 0 Å². The molecule has 2 atom stereocenters. The SMILES string of the molecule is C[C@H]1CN(C2CCN(c3ccccc3C#N)CC2)[C@@H](Cc2ccc(Cl)cc2)CO1. The molecule has 4 rings (SSSR count). The number of piperidine rings is 1. The van der Waals surface area contributed by atoms with Gasteiger partial charge in [-0.3, -0.25) is 4.90 Å². The number of hydrogen-bond donors (Lipinski definition) is 0. The maximum Gasteiger partial charge on any atom is 0.101 e. The van der Waals surface area contributed by atoms with E-state index in [-0.39, 0.29) is 6.10 Å². The van der Waals surface area contributed by atoms with Gasteiger partial charge in [-0.1, -0.05) is 35.9 Å². The summed E-state index contributed by atoms with van der Waals surface area (Å²) in [5.41, 5.74) is 3.15. The first-order valence-corrected chi connectivity index (χ1v) is 10.9. The summed E-state index contributed by atoms with van der Waals surface area (Å²) in [7, 11) is 0. The van der Waals surface area contributed by atoms with Gasteiger partial charge in [-0.25, -0.2) is 0 Å². The molecule has 0 amide bonds. The molecule has 0 radical (unpaired) electrons. The van der Waals surface area contributed by atoms with Crippen molar-refractivity contribution in [2.75, 3.05) is 31.1 Å². The maximum atomic E-state index is 9.42. The molecule has 152 valence electrons. The van der Waals surface area contributed by atoms with E-state index < -0.39 is 0 Å². The summed E-state index contributed by atoms with van der Waals surface area (Å²) in [5, 5.41) is 10.2. The summed E-state index contributed by atoms with van der Waals surface area (Å²) in [6.07, 6.45) is 3.49. The second kappa shape index (κ2) is 9.17. The van der Waals surface area contributed by atoms with Crippen LogP contribution in [-0.2, 0) is 11.2 Å². The molecule has 4 nitrogen and oxygen atoms in total. The smallest absolute Gasteiger partial charge is 0.101 e. The van der Waals surface area contributed by atoms with Crippen LogP contribution in [-0.4, -0.2) is 49.3 Å². The summed E-state index contributed by atoms with van der Waals surface area (Å²) < 4.78 is 6.01. The fraction of sp³-hybridized carbons (Fsp3) is 0.458. The van der Waals surface area contributed by atoms with E-state index in [1.54, 1.807) is 0 Å². The first kappa shape index (κ1) is 20.2. The Kier molecular flexibility index (Phi) is 6.40. The minimum Gasteiger partial charge on any atom is -0.376 e. The Hall–Kier alpha value is -2.06. The Balaban J connectivity index is 1.43. The molecule has 0 saturated carbocycles. The predicted octanol–water partition coefficient (Wildman–Crippen LogP) is 4.51. The molecule has 2 aromatic carbocycles. The molecule has 2 saturated heterocycles. The Morgan fingerprint density at radius 2 is 1.83 bits per heavy atom. The monoisotopic (exact) mass is 409 g/mol. The third-order valence-corrected chi connectivity index (χ3v) is 6.45. The Morgan fingerprint density at radius 3 is 2.55 bits per heavy atom. The van der Waals surface area contributed by atoms with E-state index in [1.807, 2.05) is 30.3 Å². The third-order valence-electron chi connectivity index (χ3n) is 6.19. The van der Waals surface area contributed by atoms with Crippen molar-refractivity contribution in [3.05, 3.63) is 64.7 Å². The van der Waals surface area contributed by atoms with Crippen molar-refractivity contribution in [1.82, 2.24) is 4.90 Å². The molecule has 0 aromatic heterocycles. The molecule has 2 aromatic rings. The van der Waals surface area contributed by atoms with E-state index in [9.17, 15) is 5.26 Å². The van der Waals surface area contributed by atoms with Gasteiger partial charge in [0, 0.05) is 36.7 Å². The van der Waals surface area contributed by atoms with E-state index in [1.165, 1.54) is 5.56 Å². The normalized spacial score (nSPS) is 23.7. The van der Waals surface area contributed by atoms with E-state index in [2.05, 4.69) is 41.0 Å². The number of nitrogens with zero attached hydrogens (tertiary/aromatic N) is 3. The van der Waals surface area contributed by atoms with Crippen molar-refractivity contribution in [3.8, 4) is 6.07 Å². The Morgan fingerprint density at radius 1 is 1.10 bits per heavy atom. The molecular formula is C24H28ClN3O.